The first-order valence-corrected chi connectivity index (χ1v) is 3.76. The fourth-order valence-corrected chi connectivity index (χ4v) is 0.737. The number of hydrogen-bond acceptors (Lipinski definition) is 2. The number of alkyl halides is 3. The number of amides is 1. The van der Waals surface area contributed by atoms with Crippen LogP contribution in [0.2, 0.25) is 0 Å². The van der Waals surface area contributed by atoms with E-state index in [1.807, 2.05) is 0 Å². The molecule has 0 aliphatic rings. The molecule has 82 valence electrons. The van der Waals surface area contributed by atoms with Crippen LogP contribution in [-0.4, -0.2) is 29.2 Å². The number of nitrogens with one attached hydrogen (secondary N) is 1. The fourth-order valence-electron chi connectivity index (χ4n) is 0.737. The number of carbonyl (C=O) groups is 2. The molecule has 0 heterocycles. The molecular weight excluding hydrogens is 203 g/mol. The number of carbonyl (C=O) groups excluding carboxylic acids is 1. The molecule has 0 fully saturated rings. The molecule has 0 spiro atoms. The average molecular weight is 213 g/mol. The number of halogens is 3. The van der Waals surface area contributed by atoms with Gasteiger partial charge in [0, 0.05) is 0 Å². The number of hydrogen-bond donors (Lipinski definition) is 2. The lowest BCUT2D eigenvalue weighted by molar-refractivity contribution is -0.176. The third-order valence-electron chi connectivity index (χ3n) is 1.48. The van der Waals surface area contributed by atoms with Gasteiger partial charge in [0.1, 0.15) is 6.04 Å². The molecular formula is C7H10F3NO3. The van der Waals surface area contributed by atoms with Crippen LogP contribution in [0.3, 0.4) is 0 Å². The Morgan fingerprint density at radius 3 is 1.93 bits per heavy atom. The zero-order valence-corrected chi connectivity index (χ0v) is 7.55. The van der Waals surface area contributed by atoms with E-state index in [9.17, 15) is 22.8 Å². The average Bonchev–Trinajstić information content (AvgIpc) is 1.96. The third kappa shape index (κ3) is 3.63. The Kier molecular flexibility index (Phi) is 3.91. The molecule has 7 heteroatoms. The zero-order valence-electron chi connectivity index (χ0n) is 7.55. The summed E-state index contributed by atoms with van der Waals surface area (Å²) < 4.78 is 35.2. The Labute approximate surface area is 78.1 Å². The molecule has 0 aromatic carbocycles. The maximum absolute atomic E-state index is 11.7. The third-order valence-corrected chi connectivity index (χ3v) is 1.48. The highest BCUT2D eigenvalue weighted by Crippen LogP contribution is 2.15. The molecule has 0 rings (SSSR count). The topological polar surface area (TPSA) is 66.4 Å². The van der Waals surface area contributed by atoms with Gasteiger partial charge in [-0.05, 0) is 5.92 Å². The molecule has 0 saturated heterocycles. The van der Waals surface area contributed by atoms with E-state index in [1.165, 1.54) is 19.2 Å². The largest absolute Gasteiger partial charge is 0.480 e. The van der Waals surface area contributed by atoms with Crippen molar-refractivity contribution in [2.45, 2.75) is 26.1 Å². The molecule has 0 aliphatic heterocycles. The normalized spacial score (nSPS) is 13.9. The Hall–Kier alpha value is -1.27. The molecule has 2 N–H and O–H groups in total. The Bertz CT molecular complexity index is 237. The van der Waals surface area contributed by atoms with Gasteiger partial charge in [-0.15, -0.1) is 0 Å². The second-order valence-corrected chi connectivity index (χ2v) is 3.03. The van der Waals surface area contributed by atoms with Gasteiger partial charge in [-0.1, -0.05) is 13.8 Å². The van der Waals surface area contributed by atoms with Crippen molar-refractivity contribution in [3.63, 3.8) is 0 Å². The van der Waals surface area contributed by atoms with Crippen molar-refractivity contribution in [2.75, 3.05) is 0 Å². The van der Waals surface area contributed by atoms with Crippen LogP contribution in [0.1, 0.15) is 13.8 Å². The van der Waals surface area contributed by atoms with Crippen molar-refractivity contribution >= 4 is 11.9 Å². The van der Waals surface area contributed by atoms with Gasteiger partial charge in [0.05, 0.1) is 0 Å². The molecule has 0 saturated carbocycles. The lowest BCUT2D eigenvalue weighted by Crippen LogP contribution is -2.49. The lowest BCUT2D eigenvalue weighted by atomic mass is 10.1. The second-order valence-electron chi connectivity index (χ2n) is 3.03. The SMILES string of the molecule is CC(C)[C@H](NC(=O)C(F)(F)F)C(=O)O. The first-order valence-electron chi connectivity index (χ1n) is 3.76. The molecule has 4 nitrogen and oxygen atoms in total. The zero-order chi connectivity index (χ0) is 11.5. The second kappa shape index (κ2) is 4.30. The van der Waals surface area contributed by atoms with E-state index in [-0.39, 0.29) is 0 Å². The van der Waals surface area contributed by atoms with Crippen LogP contribution in [0.4, 0.5) is 13.2 Å². The minimum Gasteiger partial charge on any atom is -0.480 e. The van der Waals surface area contributed by atoms with Gasteiger partial charge in [-0.3, -0.25) is 4.79 Å². The van der Waals surface area contributed by atoms with Crippen molar-refractivity contribution in [3.05, 3.63) is 0 Å². The number of aliphatic carboxylic acids is 1. The Morgan fingerprint density at radius 1 is 1.29 bits per heavy atom. The summed E-state index contributed by atoms with van der Waals surface area (Å²) in [6, 6.07) is -1.52. The molecule has 0 unspecified atom stereocenters. The van der Waals surface area contributed by atoms with Crippen molar-refractivity contribution in [1.82, 2.24) is 5.32 Å². The van der Waals surface area contributed by atoms with E-state index in [0.29, 0.717) is 0 Å². The van der Waals surface area contributed by atoms with Crippen LogP contribution >= 0.6 is 0 Å². The maximum atomic E-state index is 11.7. The summed E-state index contributed by atoms with van der Waals surface area (Å²) in [5, 5.41) is 9.87. The highest BCUT2D eigenvalue weighted by atomic mass is 19.4. The van der Waals surface area contributed by atoms with Gasteiger partial charge in [-0.25, -0.2) is 4.79 Å². The maximum Gasteiger partial charge on any atom is 0.471 e. The van der Waals surface area contributed by atoms with Crippen LogP contribution in [0.5, 0.6) is 0 Å². The highest BCUT2D eigenvalue weighted by molar-refractivity contribution is 5.87. The fraction of sp³-hybridized carbons (Fsp3) is 0.714. The summed E-state index contributed by atoms with van der Waals surface area (Å²) in [5.74, 6) is -4.34. The van der Waals surface area contributed by atoms with E-state index < -0.39 is 30.0 Å². The van der Waals surface area contributed by atoms with Crippen molar-refractivity contribution in [1.29, 1.82) is 0 Å². The summed E-state index contributed by atoms with van der Waals surface area (Å²) in [6.45, 7) is 2.80. The number of rotatable bonds is 3. The molecule has 1 atom stereocenters. The highest BCUT2D eigenvalue weighted by Gasteiger charge is 2.41. The van der Waals surface area contributed by atoms with Gasteiger partial charge >= 0.3 is 18.1 Å². The molecule has 1 amide bonds. The molecule has 0 radical (unpaired) electrons. The molecule has 0 aromatic rings. The molecule has 0 aliphatic carbocycles. The van der Waals surface area contributed by atoms with Crippen LogP contribution < -0.4 is 5.32 Å². The van der Waals surface area contributed by atoms with E-state index >= 15 is 0 Å². The van der Waals surface area contributed by atoms with Crippen molar-refractivity contribution < 1.29 is 27.9 Å². The summed E-state index contributed by atoms with van der Waals surface area (Å²) in [7, 11) is 0. The molecule has 0 bridgehead atoms. The number of carboxylic acid groups (broad SMARTS) is 1. The Balaban J connectivity index is 4.48. The monoisotopic (exact) mass is 213 g/mol. The molecule has 14 heavy (non-hydrogen) atoms. The number of carboxylic acids is 1. The minimum absolute atomic E-state index is 0.612. The first-order chi connectivity index (χ1) is 6.16. The smallest absolute Gasteiger partial charge is 0.471 e. The van der Waals surface area contributed by atoms with Gasteiger partial charge in [-0.2, -0.15) is 13.2 Å². The van der Waals surface area contributed by atoms with Gasteiger partial charge in [0.2, 0.25) is 0 Å². The predicted octanol–water partition coefficient (Wildman–Crippen LogP) is 0.774. The van der Waals surface area contributed by atoms with E-state index in [0.717, 1.165) is 0 Å². The van der Waals surface area contributed by atoms with Crippen LogP contribution in [0, 0.1) is 5.92 Å². The lowest BCUT2D eigenvalue weighted by Gasteiger charge is -2.18. The van der Waals surface area contributed by atoms with Crippen LogP contribution in [0.15, 0.2) is 0 Å². The summed E-state index contributed by atoms with van der Waals surface area (Å²) in [6.07, 6.45) is -5.05. The van der Waals surface area contributed by atoms with E-state index in [2.05, 4.69) is 0 Å². The van der Waals surface area contributed by atoms with Crippen LogP contribution in [0.25, 0.3) is 0 Å². The van der Waals surface area contributed by atoms with E-state index in [4.69, 9.17) is 5.11 Å². The van der Waals surface area contributed by atoms with Gasteiger partial charge in [0.25, 0.3) is 0 Å². The van der Waals surface area contributed by atoms with Gasteiger partial charge < -0.3 is 10.4 Å². The first kappa shape index (κ1) is 12.7. The van der Waals surface area contributed by atoms with Gasteiger partial charge in [0.15, 0.2) is 0 Å². The van der Waals surface area contributed by atoms with Crippen molar-refractivity contribution in [2.24, 2.45) is 5.92 Å². The minimum atomic E-state index is -5.05. The standard InChI is InChI=1S/C7H10F3NO3/c1-3(2)4(5(12)13)11-6(14)7(8,9)10/h3-4H,1-2H3,(H,11,14)(H,12,13)/t4-/m0/s1. The quantitative estimate of drug-likeness (QED) is 0.727. The molecule has 0 aromatic heterocycles. The Morgan fingerprint density at radius 2 is 1.71 bits per heavy atom. The summed E-state index contributed by atoms with van der Waals surface area (Å²) >= 11 is 0. The van der Waals surface area contributed by atoms with Crippen molar-refractivity contribution in [3.8, 4) is 0 Å². The van der Waals surface area contributed by atoms with Crippen LogP contribution in [-0.2, 0) is 9.59 Å². The van der Waals surface area contributed by atoms with E-state index in [1.54, 1.807) is 0 Å². The summed E-state index contributed by atoms with van der Waals surface area (Å²) in [4.78, 5) is 20.8. The summed E-state index contributed by atoms with van der Waals surface area (Å²) in [5.41, 5.74) is 0. The predicted molar refractivity (Wildman–Crippen MR) is 40.5 cm³/mol.